The topological polar surface area (TPSA) is 6.48 Å². The molecule has 0 radical (unpaired) electrons. The van der Waals surface area contributed by atoms with Crippen molar-refractivity contribution < 1.29 is 0 Å². The molecule has 90 valence electrons. The van der Waals surface area contributed by atoms with E-state index < -0.39 is 0 Å². The highest BCUT2D eigenvalue weighted by molar-refractivity contribution is 5.52. The van der Waals surface area contributed by atoms with E-state index in [1.165, 1.54) is 11.3 Å². The number of para-hydroxylation sites is 1. The Bertz CT molecular complexity index is 305. The molecule has 0 aliphatic carbocycles. The molecular formula is C14H24N2. The Hall–Kier alpha value is -1.02. The maximum Gasteiger partial charge on any atom is 0.0553 e. The molecule has 2 nitrogen and oxygen atoms in total. The van der Waals surface area contributed by atoms with Crippen molar-refractivity contribution in [1.29, 1.82) is 0 Å². The van der Waals surface area contributed by atoms with Crippen molar-refractivity contribution in [3.8, 4) is 0 Å². The van der Waals surface area contributed by atoms with Crippen LogP contribution in [0, 0.1) is 0 Å². The lowest BCUT2D eigenvalue weighted by Gasteiger charge is -2.35. The summed E-state index contributed by atoms with van der Waals surface area (Å²) < 4.78 is 0. The van der Waals surface area contributed by atoms with Crippen LogP contribution < -0.4 is 5.01 Å². The van der Waals surface area contributed by atoms with Crippen molar-refractivity contribution >= 4 is 5.69 Å². The SMILES string of the molecule is CCc1ccccc1N(CC)N(CC)CC. The van der Waals surface area contributed by atoms with Crippen LogP contribution in [0.3, 0.4) is 0 Å². The Kier molecular flexibility index (Phi) is 5.33. The second kappa shape index (κ2) is 6.54. The smallest absolute Gasteiger partial charge is 0.0553 e. The molecule has 0 spiro atoms. The molecule has 0 N–H and O–H groups in total. The molecule has 0 fully saturated rings. The third-order valence-corrected chi connectivity index (χ3v) is 3.02. The summed E-state index contributed by atoms with van der Waals surface area (Å²) in [6.45, 7) is 12.0. The first kappa shape index (κ1) is 13.0. The van der Waals surface area contributed by atoms with Crippen LogP contribution in [0.15, 0.2) is 24.3 Å². The molecule has 1 aromatic carbocycles. The molecule has 0 saturated heterocycles. The van der Waals surface area contributed by atoms with Gasteiger partial charge in [0, 0.05) is 19.6 Å². The number of hydrogen-bond donors (Lipinski definition) is 0. The molecule has 0 bridgehead atoms. The summed E-state index contributed by atoms with van der Waals surface area (Å²) in [6, 6.07) is 8.70. The van der Waals surface area contributed by atoms with Gasteiger partial charge in [-0.25, -0.2) is 5.01 Å². The Labute approximate surface area is 99.8 Å². The van der Waals surface area contributed by atoms with Crippen LogP contribution in [0.4, 0.5) is 5.69 Å². The molecule has 0 atom stereocenters. The molecule has 1 aromatic rings. The van der Waals surface area contributed by atoms with E-state index in [0.29, 0.717) is 0 Å². The third kappa shape index (κ3) is 2.76. The predicted molar refractivity (Wildman–Crippen MR) is 71.8 cm³/mol. The Balaban J connectivity index is 3.02. The third-order valence-electron chi connectivity index (χ3n) is 3.02. The average molecular weight is 220 g/mol. The highest BCUT2D eigenvalue weighted by Gasteiger charge is 2.13. The minimum Gasteiger partial charge on any atom is -0.306 e. The van der Waals surface area contributed by atoms with Crippen LogP contribution in [0.5, 0.6) is 0 Å². The Morgan fingerprint density at radius 1 is 0.875 bits per heavy atom. The zero-order valence-electron chi connectivity index (χ0n) is 11.0. The fourth-order valence-corrected chi connectivity index (χ4v) is 2.15. The van der Waals surface area contributed by atoms with Crippen molar-refractivity contribution in [2.45, 2.75) is 34.1 Å². The van der Waals surface area contributed by atoms with Crippen LogP contribution in [0.25, 0.3) is 0 Å². The summed E-state index contributed by atoms with van der Waals surface area (Å²) in [6.07, 6.45) is 1.09. The van der Waals surface area contributed by atoms with E-state index in [-0.39, 0.29) is 0 Å². The first-order valence-corrected chi connectivity index (χ1v) is 6.38. The van der Waals surface area contributed by atoms with Crippen molar-refractivity contribution in [2.75, 3.05) is 24.6 Å². The van der Waals surface area contributed by atoms with Crippen molar-refractivity contribution in [1.82, 2.24) is 5.01 Å². The lowest BCUT2D eigenvalue weighted by molar-refractivity contribution is 0.279. The minimum absolute atomic E-state index is 1.03. The first-order valence-electron chi connectivity index (χ1n) is 6.38. The van der Waals surface area contributed by atoms with Gasteiger partial charge in [-0.15, -0.1) is 0 Å². The van der Waals surface area contributed by atoms with Crippen molar-refractivity contribution in [2.24, 2.45) is 0 Å². The maximum atomic E-state index is 2.39. The van der Waals surface area contributed by atoms with E-state index in [0.717, 1.165) is 26.1 Å². The van der Waals surface area contributed by atoms with Gasteiger partial charge >= 0.3 is 0 Å². The van der Waals surface area contributed by atoms with Gasteiger partial charge in [0.25, 0.3) is 0 Å². The van der Waals surface area contributed by atoms with Gasteiger partial charge in [-0.05, 0) is 25.0 Å². The molecule has 0 heterocycles. The standard InChI is InChI=1S/C14H24N2/c1-5-13-11-9-10-12-14(13)16(8-4)15(6-2)7-3/h9-12H,5-8H2,1-4H3. The highest BCUT2D eigenvalue weighted by atomic mass is 15.6. The van der Waals surface area contributed by atoms with Crippen LogP contribution in [0.2, 0.25) is 0 Å². The van der Waals surface area contributed by atoms with E-state index in [1.54, 1.807) is 0 Å². The minimum atomic E-state index is 1.03. The molecule has 0 amide bonds. The second-order valence-electron chi connectivity index (χ2n) is 3.84. The lowest BCUT2D eigenvalue weighted by atomic mass is 10.1. The fraction of sp³-hybridized carbons (Fsp3) is 0.571. The number of rotatable bonds is 6. The van der Waals surface area contributed by atoms with Gasteiger partial charge in [0.1, 0.15) is 0 Å². The van der Waals surface area contributed by atoms with E-state index >= 15 is 0 Å². The maximum absolute atomic E-state index is 2.39. The molecule has 0 saturated carbocycles. The monoisotopic (exact) mass is 220 g/mol. The van der Waals surface area contributed by atoms with Crippen LogP contribution in [0.1, 0.15) is 33.3 Å². The van der Waals surface area contributed by atoms with Crippen LogP contribution in [-0.2, 0) is 6.42 Å². The average Bonchev–Trinajstić information content (AvgIpc) is 2.35. The van der Waals surface area contributed by atoms with Gasteiger partial charge in [0.05, 0.1) is 5.69 Å². The molecular weight excluding hydrogens is 196 g/mol. The molecule has 0 aliphatic rings. The van der Waals surface area contributed by atoms with Gasteiger partial charge in [0.2, 0.25) is 0 Å². The number of hydrogen-bond acceptors (Lipinski definition) is 2. The van der Waals surface area contributed by atoms with E-state index in [4.69, 9.17) is 0 Å². The van der Waals surface area contributed by atoms with Gasteiger partial charge < -0.3 is 5.01 Å². The Morgan fingerprint density at radius 3 is 2.00 bits per heavy atom. The van der Waals surface area contributed by atoms with Gasteiger partial charge in [-0.3, -0.25) is 0 Å². The molecule has 0 unspecified atom stereocenters. The summed E-state index contributed by atoms with van der Waals surface area (Å²) in [7, 11) is 0. The summed E-state index contributed by atoms with van der Waals surface area (Å²) in [4.78, 5) is 0. The number of nitrogens with zero attached hydrogens (tertiary/aromatic N) is 2. The van der Waals surface area contributed by atoms with E-state index in [9.17, 15) is 0 Å². The quantitative estimate of drug-likeness (QED) is 0.678. The first-order chi connectivity index (χ1) is 7.78. The van der Waals surface area contributed by atoms with Crippen LogP contribution >= 0.6 is 0 Å². The second-order valence-corrected chi connectivity index (χ2v) is 3.84. The normalized spacial score (nSPS) is 10.8. The predicted octanol–water partition coefficient (Wildman–Crippen LogP) is 3.33. The number of anilines is 1. The zero-order valence-corrected chi connectivity index (χ0v) is 11.0. The summed E-state index contributed by atoms with van der Waals surface area (Å²) in [5.74, 6) is 0. The summed E-state index contributed by atoms with van der Waals surface area (Å²) in [5, 5.41) is 4.77. The van der Waals surface area contributed by atoms with Crippen LogP contribution in [-0.4, -0.2) is 24.6 Å². The summed E-state index contributed by atoms with van der Waals surface area (Å²) >= 11 is 0. The zero-order chi connectivity index (χ0) is 12.0. The van der Waals surface area contributed by atoms with Gasteiger partial charge in [-0.2, -0.15) is 0 Å². The van der Waals surface area contributed by atoms with Crippen molar-refractivity contribution in [3.05, 3.63) is 29.8 Å². The molecule has 0 aromatic heterocycles. The Morgan fingerprint density at radius 2 is 1.50 bits per heavy atom. The molecule has 2 heteroatoms. The largest absolute Gasteiger partial charge is 0.306 e. The molecule has 0 aliphatic heterocycles. The van der Waals surface area contributed by atoms with E-state index in [1.807, 2.05) is 0 Å². The number of hydrazine groups is 1. The number of benzene rings is 1. The highest BCUT2D eigenvalue weighted by Crippen LogP contribution is 2.22. The number of aryl methyl sites for hydroxylation is 1. The van der Waals surface area contributed by atoms with Crippen molar-refractivity contribution in [3.63, 3.8) is 0 Å². The molecule has 1 rings (SSSR count). The van der Waals surface area contributed by atoms with E-state index in [2.05, 4.69) is 62.0 Å². The summed E-state index contributed by atoms with van der Waals surface area (Å²) in [5.41, 5.74) is 2.78. The lowest BCUT2D eigenvalue weighted by Crippen LogP contribution is -2.43. The van der Waals surface area contributed by atoms with Gasteiger partial charge in [-0.1, -0.05) is 39.0 Å². The fourth-order valence-electron chi connectivity index (χ4n) is 2.15. The molecule has 16 heavy (non-hydrogen) atoms. The van der Waals surface area contributed by atoms with Gasteiger partial charge in [0.15, 0.2) is 0 Å².